The summed E-state index contributed by atoms with van der Waals surface area (Å²) in [5, 5.41) is 0. The highest BCUT2D eigenvalue weighted by Crippen LogP contribution is 2.25. The minimum absolute atomic E-state index is 0.326. The Labute approximate surface area is 128 Å². The molecule has 1 aromatic heterocycles. The second kappa shape index (κ2) is 6.26. The molecule has 0 saturated carbocycles. The van der Waals surface area contributed by atoms with Crippen molar-refractivity contribution in [2.75, 3.05) is 6.54 Å². The number of hydrogen-bond donors (Lipinski definition) is 0. The standard InChI is InChI=1S/C14H16ClNO2S2/c1-3-16(10-12-6-9-14(15)19-12)20(17,18)13-7-4-11(2)5-8-13/h4-9H,3,10H2,1-2H3. The highest BCUT2D eigenvalue weighted by Gasteiger charge is 2.23. The fraction of sp³-hybridized carbons (Fsp3) is 0.286. The van der Waals surface area contributed by atoms with Crippen LogP contribution in [-0.2, 0) is 16.6 Å². The van der Waals surface area contributed by atoms with Crippen LogP contribution in [0.2, 0.25) is 4.34 Å². The summed E-state index contributed by atoms with van der Waals surface area (Å²) in [4.78, 5) is 1.26. The van der Waals surface area contributed by atoms with Crippen LogP contribution in [0.1, 0.15) is 17.4 Å². The number of sulfonamides is 1. The molecule has 0 bridgehead atoms. The highest BCUT2D eigenvalue weighted by atomic mass is 35.5. The van der Waals surface area contributed by atoms with Gasteiger partial charge in [0.15, 0.2) is 0 Å². The normalized spacial score (nSPS) is 12.0. The van der Waals surface area contributed by atoms with Crippen molar-refractivity contribution < 1.29 is 8.42 Å². The Bertz CT molecular complexity index is 677. The molecule has 1 aromatic carbocycles. The average molecular weight is 330 g/mol. The van der Waals surface area contributed by atoms with E-state index >= 15 is 0 Å². The monoisotopic (exact) mass is 329 g/mol. The molecule has 1 heterocycles. The number of hydrogen-bond acceptors (Lipinski definition) is 3. The van der Waals surface area contributed by atoms with Crippen molar-refractivity contribution >= 4 is 33.0 Å². The minimum atomic E-state index is -3.46. The first-order valence-electron chi connectivity index (χ1n) is 6.24. The van der Waals surface area contributed by atoms with Crippen molar-refractivity contribution in [1.29, 1.82) is 0 Å². The van der Waals surface area contributed by atoms with E-state index in [0.29, 0.717) is 22.3 Å². The highest BCUT2D eigenvalue weighted by molar-refractivity contribution is 7.89. The lowest BCUT2D eigenvalue weighted by Crippen LogP contribution is -2.30. The van der Waals surface area contributed by atoms with Crippen molar-refractivity contribution in [2.45, 2.75) is 25.3 Å². The molecule has 0 aliphatic rings. The first-order valence-corrected chi connectivity index (χ1v) is 8.88. The van der Waals surface area contributed by atoms with E-state index in [9.17, 15) is 8.42 Å². The predicted molar refractivity (Wildman–Crippen MR) is 83.8 cm³/mol. The average Bonchev–Trinajstić information content (AvgIpc) is 2.82. The Morgan fingerprint density at radius 3 is 2.30 bits per heavy atom. The zero-order chi connectivity index (χ0) is 14.8. The van der Waals surface area contributed by atoms with Gasteiger partial charge >= 0.3 is 0 Å². The van der Waals surface area contributed by atoms with E-state index in [0.717, 1.165) is 10.4 Å². The third kappa shape index (κ3) is 3.41. The van der Waals surface area contributed by atoms with E-state index in [1.165, 1.54) is 15.6 Å². The van der Waals surface area contributed by atoms with Crippen LogP contribution in [0.15, 0.2) is 41.3 Å². The molecule has 6 heteroatoms. The van der Waals surface area contributed by atoms with Crippen LogP contribution in [-0.4, -0.2) is 19.3 Å². The number of benzene rings is 1. The van der Waals surface area contributed by atoms with E-state index in [-0.39, 0.29) is 0 Å². The molecular weight excluding hydrogens is 314 g/mol. The topological polar surface area (TPSA) is 37.4 Å². The van der Waals surface area contributed by atoms with Crippen LogP contribution in [0, 0.1) is 6.92 Å². The van der Waals surface area contributed by atoms with Crippen LogP contribution < -0.4 is 0 Å². The molecule has 20 heavy (non-hydrogen) atoms. The summed E-state index contributed by atoms with van der Waals surface area (Å²) in [6, 6.07) is 10.6. The Morgan fingerprint density at radius 1 is 1.15 bits per heavy atom. The fourth-order valence-corrected chi connectivity index (χ4v) is 4.45. The Kier molecular flexibility index (Phi) is 4.86. The van der Waals surface area contributed by atoms with Crippen molar-refractivity contribution in [1.82, 2.24) is 4.31 Å². The van der Waals surface area contributed by atoms with Gasteiger partial charge in [0.1, 0.15) is 0 Å². The lowest BCUT2D eigenvalue weighted by Gasteiger charge is -2.19. The Balaban J connectivity index is 2.27. The molecule has 0 aliphatic heterocycles. The Morgan fingerprint density at radius 2 is 1.80 bits per heavy atom. The maximum atomic E-state index is 12.6. The van der Waals surface area contributed by atoms with Gasteiger partial charge in [0.2, 0.25) is 10.0 Å². The van der Waals surface area contributed by atoms with E-state index in [1.54, 1.807) is 18.2 Å². The van der Waals surface area contributed by atoms with Gasteiger partial charge in [-0.2, -0.15) is 4.31 Å². The number of halogens is 1. The summed E-state index contributed by atoms with van der Waals surface area (Å²) in [5.41, 5.74) is 1.04. The van der Waals surface area contributed by atoms with Crippen molar-refractivity contribution in [3.63, 3.8) is 0 Å². The van der Waals surface area contributed by atoms with Crippen LogP contribution >= 0.6 is 22.9 Å². The van der Waals surface area contributed by atoms with Crippen LogP contribution in [0.25, 0.3) is 0 Å². The zero-order valence-electron chi connectivity index (χ0n) is 11.3. The summed E-state index contributed by atoms with van der Waals surface area (Å²) in [6.45, 7) is 4.54. The molecule has 0 amide bonds. The molecule has 0 atom stereocenters. The largest absolute Gasteiger partial charge is 0.243 e. The second-order valence-electron chi connectivity index (χ2n) is 4.45. The summed E-state index contributed by atoms with van der Waals surface area (Å²) in [6.07, 6.45) is 0. The van der Waals surface area contributed by atoms with Crippen LogP contribution in [0.4, 0.5) is 0 Å². The van der Waals surface area contributed by atoms with Gasteiger partial charge in [-0.3, -0.25) is 0 Å². The first kappa shape index (κ1) is 15.5. The van der Waals surface area contributed by atoms with E-state index in [1.807, 2.05) is 32.0 Å². The maximum Gasteiger partial charge on any atom is 0.243 e. The number of rotatable bonds is 5. The SMILES string of the molecule is CCN(Cc1ccc(Cl)s1)S(=O)(=O)c1ccc(C)cc1. The number of nitrogens with zero attached hydrogens (tertiary/aromatic N) is 1. The third-order valence-corrected chi connectivity index (χ3v) is 6.12. The van der Waals surface area contributed by atoms with Gasteiger partial charge in [-0.05, 0) is 31.2 Å². The van der Waals surface area contributed by atoms with Gasteiger partial charge in [-0.1, -0.05) is 36.2 Å². The molecule has 0 N–H and O–H groups in total. The summed E-state index contributed by atoms with van der Waals surface area (Å²) < 4.78 is 27.3. The summed E-state index contributed by atoms with van der Waals surface area (Å²) in [7, 11) is -3.46. The minimum Gasteiger partial charge on any atom is -0.207 e. The summed E-state index contributed by atoms with van der Waals surface area (Å²) in [5.74, 6) is 0. The van der Waals surface area contributed by atoms with Gasteiger partial charge in [-0.25, -0.2) is 8.42 Å². The third-order valence-electron chi connectivity index (χ3n) is 2.97. The predicted octanol–water partition coefficient (Wildman–Crippen LogP) is 3.92. The molecule has 0 radical (unpaired) electrons. The molecule has 0 spiro atoms. The van der Waals surface area contributed by atoms with Gasteiger partial charge in [-0.15, -0.1) is 11.3 Å². The summed E-state index contributed by atoms with van der Waals surface area (Å²) >= 11 is 7.29. The molecule has 0 saturated heterocycles. The zero-order valence-corrected chi connectivity index (χ0v) is 13.7. The lowest BCUT2D eigenvalue weighted by atomic mass is 10.2. The molecule has 0 fully saturated rings. The molecule has 108 valence electrons. The lowest BCUT2D eigenvalue weighted by molar-refractivity contribution is 0.426. The Hall–Kier alpha value is -0.880. The van der Waals surface area contributed by atoms with Gasteiger partial charge in [0.25, 0.3) is 0 Å². The fourth-order valence-electron chi connectivity index (χ4n) is 1.84. The molecule has 0 unspecified atom stereocenters. The quantitative estimate of drug-likeness (QED) is 0.833. The molecule has 0 aliphatic carbocycles. The maximum absolute atomic E-state index is 12.6. The van der Waals surface area contributed by atoms with E-state index in [4.69, 9.17) is 11.6 Å². The van der Waals surface area contributed by atoms with Crippen LogP contribution in [0.3, 0.4) is 0 Å². The number of aryl methyl sites for hydroxylation is 1. The second-order valence-corrected chi connectivity index (χ2v) is 8.19. The van der Waals surface area contributed by atoms with Gasteiger partial charge in [0.05, 0.1) is 9.23 Å². The van der Waals surface area contributed by atoms with Gasteiger partial charge in [0, 0.05) is 18.0 Å². The smallest absolute Gasteiger partial charge is 0.207 e. The van der Waals surface area contributed by atoms with Crippen LogP contribution in [0.5, 0.6) is 0 Å². The molecule has 2 rings (SSSR count). The van der Waals surface area contributed by atoms with Crippen molar-refractivity contribution in [3.8, 4) is 0 Å². The first-order chi connectivity index (χ1) is 9.43. The molecular formula is C14H16ClNO2S2. The number of thiophene rings is 1. The van der Waals surface area contributed by atoms with Crippen molar-refractivity contribution in [3.05, 3.63) is 51.2 Å². The molecule has 2 aromatic rings. The van der Waals surface area contributed by atoms with E-state index in [2.05, 4.69) is 0 Å². The van der Waals surface area contributed by atoms with Crippen molar-refractivity contribution in [2.24, 2.45) is 0 Å². The van der Waals surface area contributed by atoms with E-state index < -0.39 is 10.0 Å². The molecule has 3 nitrogen and oxygen atoms in total. The van der Waals surface area contributed by atoms with Gasteiger partial charge < -0.3 is 0 Å².